The monoisotopic (exact) mass is 231 g/mol. The summed E-state index contributed by atoms with van der Waals surface area (Å²) >= 11 is 0. The molecule has 2 aromatic rings. The highest BCUT2D eigenvalue weighted by molar-refractivity contribution is 5.60. The third-order valence-electron chi connectivity index (χ3n) is 3.05. The van der Waals surface area contributed by atoms with Gasteiger partial charge >= 0.3 is 0 Å². The molecule has 0 amide bonds. The third kappa shape index (κ3) is 2.13. The minimum Gasteiger partial charge on any atom is -0.399 e. The molecule has 5 heteroatoms. The van der Waals surface area contributed by atoms with E-state index in [0.29, 0.717) is 5.69 Å². The molecule has 17 heavy (non-hydrogen) atoms. The van der Waals surface area contributed by atoms with Gasteiger partial charge in [0.1, 0.15) is 0 Å². The van der Waals surface area contributed by atoms with E-state index in [0.717, 1.165) is 17.8 Å². The van der Waals surface area contributed by atoms with Crippen molar-refractivity contribution in [3.8, 4) is 11.4 Å². The second-order valence-electron chi connectivity index (χ2n) is 4.71. The third-order valence-corrected chi connectivity index (χ3v) is 3.05. The molecule has 0 spiro atoms. The van der Waals surface area contributed by atoms with Gasteiger partial charge in [0.05, 0.1) is 5.54 Å². The summed E-state index contributed by atoms with van der Waals surface area (Å²) in [6, 6.07) is 7.60. The number of hydrogen-bond donors (Lipinski definition) is 1. The fourth-order valence-corrected chi connectivity index (χ4v) is 1.60. The van der Waals surface area contributed by atoms with Crippen LogP contribution in [0.4, 0.5) is 5.69 Å². The lowest BCUT2D eigenvalue weighted by molar-refractivity contribution is 0.305. The number of hydrogen-bond acceptors (Lipinski definition) is 4. The van der Waals surface area contributed by atoms with E-state index in [4.69, 9.17) is 5.73 Å². The Labute approximate surface area is 101 Å². The Bertz CT molecular complexity index is 515. The molecule has 0 bridgehead atoms. The van der Waals surface area contributed by atoms with Crippen LogP contribution in [0.1, 0.15) is 27.2 Å². The van der Waals surface area contributed by atoms with Crippen molar-refractivity contribution in [3.63, 3.8) is 0 Å². The molecule has 1 aromatic carbocycles. The van der Waals surface area contributed by atoms with Crippen molar-refractivity contribution in [1.29, 1.82) is 0 Å². The number of anilines is 1. The maximum atomic E-state index is 5.78. The van der Waals surface area contributed by atoms with Crippen LogP contribution in [0.5, 0.6) is 0 Å². The number of tetrazole rings is 1. The van der Waals surface area contributed by atoms with Crippen LogP contribution in [0.25, 0.3) is 11.4 Å². The van der Waals surface area contributed by atoms with Crippen molar-refractivity contribution in [2.75, 3.05) is 5.73 Å². The first-order valence-electron chi connectivity index (χ1n) is 5.69. The molecule has 1 aromatic heterocycles. The Hall–Kier alpha value is -1.91. The number of benzene rings is 1. The molecule has 0 unspecified atom stereocenters. The molecule has 0 saturated heterocycles. The highest BCUT2D eigenvalue weighted by atomic mass is 15.6. The molecule has 0 saturated carbocycles. The minimum absolute atomic E-state index is 0.108. The Morgan fingerprint density at radius 2 is 2.12 bits per heavy atom. The molecule has 1 heterocycles. The van der Waals surface area contributed by atoms with Crippen LogP contribution in [-0.4, -0.2) is 20.2 Å². The van der Waals surface area contributed by atoms with Crippen LogP contribution in [-0.2, 0) is 5.54 Å². The zero-order valence-corrected chi connectivity index (χ0v) is 10.4. The average Bonchev–Trinajstić information content (AvgIpc) is 2.78. The smallest absolute Gasteiger partial charge is 0.182 e. The van der Waals surface area contributed by atoms with E-state index in [1.54, 1.807) is 0 Å². The molecule has 2 N–H and O–H groups in total. The predicted octanol–water partition coefficient (Wildman–Crippen LogP) is 2.07. The van der Waals surface area contributed by atoms with E-state index in [1.165, 1.54) is 0 Å². The molecule has 0 radical (unpaired) electrons. The quantitative estimate of drug-likeness (QED) is 0.821. The van der Waals surface area contributed by atoms with Crippen LogP contribution >= 0.6 is 0 Å². The van der Waals surface area contributed by atoms with Gasteiger partial charge in [-0.3, -0.25) is 0 Å². The van der Waals surface area contributed by atoms with Gasteiger partial charge in [0.2, 0.25) is 0 Å². The number of rotatable bonds is 3. The first-order chi connectivity index (χ1) is 8.04. The molecule has 0 aliphatic carbocycles. The van der Waals surface area contributed by atoms with Gasteiger partial charge in [0.15, 0.2) is 5.82 Å². The summed E-state index contributed by atoms with van der Waals surface area (Å²) < 4.78 is 1.85. The average molecular weight is 231 g/mol. The van der Waals surface area contributed by atoms with Crippen LogP contribution in [0.2, 0.25) is 0 Å². The summed E-state index contributed by atoms with van der Waals surface area (Å²) in [5, 5.41) is 11.9. The van der Waals surface area contributed by atoms with E-state index in [-0.39, 0.29) is 5.54 Å². The number of nitrogens with two attached hydrogens (primary N) is 1. The van der Waals surface area contributed by atoms with E-state index < -0.39 is 0 Å². The van der Waals surface area contributed by atoms with E-state index >= 15 is 0 Å². The number of nitrogens with zero attached hydrogens (tertiary/aromatic N) is 4. The largest absolute Gasteiger partial charge is 0.399 e. The molecule has 0 fully saturated rings. The van der Waals surface area contributed by atoms with Gasteiger partial charge in [-0.15, -0.1) is 5.10 Å². The fraction of sp³-hybridized carbons (Fsp3) is 0.417. The lowest BCUT2D eigenvalue weighted by Gasteiger charge is -2.23. The molecule has 0 aliphatic heterocycles. The molecular formula is C12H17N5. The summed E-state index contributed by atoms with van der Waals surface area (Å²) in [6.07, 6.45) is 0.952. The summed E-state index contributed by atoms with van der Waals surface area (Å²) in [6.45, 7) is 6.34. The maximum Gasteiger partial charge on any atom is 0.182 e. The van der Waals surface area contributed by atoms with Gasteiger partial charge in [-0.05, 0) is 42.8 Å². The van der Waals surface area contributed by atoms with Gasteiger partial charge < -0.3 is 5.73 Å². The molecule has 90 valence electrons. The molecule has 0 atom stereocenters. The van der Waals surface area contributed by atoms with E-state index in [1.807, 2.05) is 28.9 Å². The van der Waals surface area contributed by atoms with Crippen LogP contribution < -0.4 is 5.73 Å². The first-order valence-corrected chi connectivity index (χ1v) is 5.69. The van der Waals surface area contributed by atoms with Crippen molar-refractivity contribution in [2.24, 2.45) is 0 Å². The highest BCUT2D eigenvalue weighted by Crippen LogP contribution is 2.25. The van der Waals surface area contributed by atoms with Crippen molar-refractivity contribution in [2.45, 2.75) is 32.7 Å². The number of nitrogen functional groups attached to an aromatic ring is 1. The highest BCUT2D eigenvalue weighted by Gasteiger charge is 2.23. The zero-order chi connectivity index (χ0) is 12.5. The Morgan fingerprint density at radius 3 is 2.76 bits per heavy atom. The fourth-order valence-electron chi connectivity index (χ4n) is 1.60. The van der Waals surface area contributed by atoms with Crippen LogP contribution in [0, 0.1) is 0 Å². The van der Waals surface area contributed by atoms with Gasteiger partial charge in [0, 0.05) is 11.3 Å². The van der Waals surface area contributed by atoms with Crippen LogP contribution in [0.15, 0.2) is 24.3 Å². The van der Waals surface area contributed by atoms with Gasteiger partial charge in [-0.25, -0.2) is 4.68 Å². The molecule has 2 rings (SSSR count). The molecule has 0 aliphatic rings. The van der Waals surface area contributed by atoms with Gasteiger partial charge in [0.25, 0.3) is 0 Å². The van der Waals surface area contributed by atoms with Crippen LogP contribution in [0.3, 0.4) is 0 Å². The second kappa shape index (κ2) is 4.16. The normalized spacial score (nSPS) is 11.7. The second-order valence-corrected chi connectivity index (χ2v) is 4.71. The van der Waals surface area contributed by atoms with E-state index in [2.05, 4.69) is 36.3 Å². The first kappa shape index (κ1) is 11.6. The summed E-state index contributed by atoms with van der Waals surface area (Å²) in [5.41, 5.74) is 7.33. The SMILES string of the molecule is CCC(C)(C)n1nnnc1-c1cccc(N)c1. The predicted molar refractivity (Wildman–Crippen MR) is 67.3 cm³/mol. The molecule has 5 nitrogen and oxygen atoms in total. The van der Waals surface area contributed by atoms with Gasteiger partial charge in [-0.1, -0.05) is 19.1 Å². The van der Waals surface area contributed by atoms with Crippen molar-refractivity contribution >= 4 is 5.69 Å². The van der Waals surface area contributed by atoms with Crippen molar-refractivity contribution in [3.05, 3.63) is 24.3 Å². The molecular weight excluding hydrogens is 214 g/mol. The summed E-state index contributed by atoms with van der Waals surface area (Å²) in [4.78, 5) is 0. The Morgan fingerprint density at radius 1 is 1.35 bits per heavy atom. The summed E-state index contributed by atoms with van der Waals surface area (Å²) in [7, 11) is 0. The standard InChI is InChI=1S/C12H17N5/c1-4-12(2,3)17-11(14-15-16-17)9-6-5-7-10(13)8-9/h5-8H,4,13H2,1-3H3. The lowest BCUT2D eigenvalue weighted by atomic mass is 10.0. The van der Waals surface area contributed by atoms with Crippen molar-refractivity contribution < 1.29 is 0 Å². The topological polar surface area (TPSA) is 69.6 Å². The maximum absolute atomic E-state index is 5.78. The Balaban J connectivity index is 2.51. The minimum atomic E-state index is -0.108. The zero-order valence-electron chi connectivity index (χ0n) is 10.4. The Kier molecular flexibility index (Phi) is 2.83. The number of aromatic nitrogens is 4. The lowest BCUT2D eigenvalue weighted by Crippen LogP contribution is -2.27. The van der Waals surface area contributed by atoms with E-state index in [9.17, 15) is 0 Å². The summed E-state index contributed by atoms with van der Waals surface area (Å²) in [5.74, 6) is 0.754. The van der Waals surface area contributed by atoms with Crippen molar-refractivity contribution in [1.82, 2.24) is 20.2 Å². The van der Waals surface area contributed by atoms with Gasteiger partial charge in [-0.2, -0.15) is 0 Å².